The van der Waals surface area contributed by atoms with Gasteiger partial charge in [-0.05, 0) is 42.7 Å². The first-order valence-corrected chi connectivity index (χ1v) is 13.0. The minimum Gasteiger partial charge on any atom is -0.481 e. The number of amides is 3. The number of nitrogens with one attached hydrogen (secondary N) is 1. The Morgan fingerprint density at radius 1 is 0.857 bits per heavy atom. The maximum atomic E-state index is 13.1. The van der Waals surface area contributed by atoms with Gasteiger partial charge in [-0.15, -0.1) is 0 Å². The lowest BCUT2D eigenvalue weighted by molar-refractivity contribution is -0.138. The van der Waals surface area contributed by atoms with E-state index in [1.807, 2.05) is 26.2 Å². The lowest BCUT2D eigenvalue weighted by Gasteiger charge is -2.27. The number of nitrogens with zero attached hydrogens (tertiary/aromatic N) is 2. The number of carboxylic acids is 1. The van der Waals surface area contributed by atoms with Crippen LogP contribution in [0.25, 0.3) is 0 Å². The quantitative estimate of drug-likeness (QED) is 0.404. The Morgan fingerprint density at radius 3 is 2.03 bits per heavy atom. The molecule has 0 saturated carbocycles. The molecule has 0 unspecified atom stereocenters. The van der Waals surface area contributed by atoms with Gasteiger partial charge in [0, 0.05) is 24.3 Å². The van der Waals surface area contributed by atoms with Crippen LogP contribution in [0.2, 0.25) is 0 Å². The summed E-state index contributed by atoms with van der Waals surface area (Å²) in [5, 5.41) is 11.8. The molecule has 0 spiro atoms. The predicted octanol–water partition coefficient (Wildman–Crippen LogP) is 3.85. The third kappa shape index (κ3) is 11.6. The third-order valence-electron chi connectivity index (χ3n) is 4.75. The van der Waals surface area contributed by atoms with Crippen LogP contribution in [0, 0.1) is 0 Å². The fourth-order valence-electron chi connectivity index (χ4n) is 3.10. The summed E-state index contributed by atoms with van der Waals surface area (Å²) in [7, 11) is 0. The SMILES string of the molecule is CC.CSCCCN(CC(=O)Nc1ccccc1)C(=O)CN(CCC(=O)O)C(=O)c1ccccc1. The number of hydrogen-bond acceptors (Lipinski definition) is 5. The zero-order valence-corrected chi connectivity index (χ0v) is 21.4. The van der Waals surface area contributed by atoms with E-state index in [1.54, 1.807) is 66.4 Å². The Labute approximate surface area is 211 Å². The summed E-state index contributed by atoms with van der Waals surface area (Å²) in [6.45, 7) is 3.78. The second-order valence-electron chi connectivity index (χ2n) is 7.31. The lowest BCUT2D eigenvalue weighted by atomic mass is 10.2. The van der Waals surface area contributed by atoms with Crippen molar-refractivity contribution in [3.63, 3.8) is 0 Å². The van der Waals surface area contributed by atoms with Crippen molar-refractivity contribution in [3.8, 4) is 0 Å². The molecule has 9 heteroatoms. The number of benzene rings is 2. The minimum absolute atomic E-state index is 0.107. The maximum Gasteiger partial charge on any atom is 0.305 e. The Morgan fingerprint density at radius 2 is 1.46 bits per heavy atom. The second-order valence-corrected chi connectivity index (χ2v) is 8.30. The summed E-state index contributed by atoms with van der Waals surface area (Å²) >= 11 is 1.64. The molecular formula is C26H35N3O5S. The number of para-hydroxylation sites is 1. The van der Waals surface area contributed by atoms with Crippen LogP contribution >= 0.6 is 11.8 Å². The van der Waals surface area contributed by atoms with E-state index in [0.29, 0.717) is 24.2 Å². The molecule has 0 saturated heterocycles. The van der Waals surface area contributed by atoms with Crippen LogP contribution in [0.3, 0.4) is 0 Å². The molecule has 0 aromatic heterocycles. The van der Waals surface area contributed by atoms with E-state index < -0.39 is 17.8 Å². The molecule has 8 nitrogen and oxygen atoms in total. The molecule has 35 heavy (non-hydrogen) atoms. The normalized spacial score (nSPS) is 9.91. The first kappa shape index (κ1) is 29.7. The van der Waals surface area contributed by atoms with E-state index in [0.717, 1.165) is 5.75 Å². The third-order valence-corrected chi connectivity index (χ3v) is 5.45. The average molecular weight is 502 g/mol. The van der Waals surface area contributed by atoms with E-state index in [1.165, 1.54) is 9.80 Å². The van der Waals surface area contributed by atoms with Gasteiger partial charge in [-0.3, -0.25) is 19.2 Å². The van der Waals surface area contributed by atoms with Crippen LogP contribution in [-0.2, 0) is 14.4 Å². The van der Waals surface area contributed by atoms with Crippen LogP contribution in [0.4, 0.5) is 5.69 Å². The highest BCUT2D eigenvalue weighted by Gasteiger charge is 2.24. The molecule has 0 aliphatic carbocycles. The van der Waals surface area contributed by atoms with Gasteiger partial charge < -0.3 is 20.2 Å². The molecule has 0 heterocycles. The Bertz CT molecular complexity index is 925. The number of anilines is 1. The summed E-state index contributed by atoms with van der Waals surface area (Å²) in [6, 6.07) is 17.3. The fraction of sp³-hybridized carbons (Fsp3) is 0.385. The molecule has 0 fully saturated rings. The lowest BCUT2D eigenvalue weighted by Crippen LogP contribution is -2.46. The van der Waals surface area contributed by atoms with Gasteiger partial charge in [0.25, 0.3) is 5.91 Å². The number of thioether (sulfide) groups is 1. The standard InChI is InChI=1S/C24H29N3O5S.C2H6/c1-33-16-8-14-26(17-21(28)25-20-11-6-3-7-12-20)22(29)18-27(15-13-23(30)31)24(32)19-9-4-2-5-10-19;1-2/h2-7,9-12H,8,13-18H2,1H3,(H,25,28)(H,30,31);1-2H3. The summed E-state index contributed by atoms with van der Waals surface area (Å²) < 4.78 is 0. The molecule has 0 radical (unpaired) electrons. The summed E-state index contributed by atoms with van der Waals surface area (Å²) in [6.07, 6.45) is 2.36. The van der Waals surface area contributed by atoms with Crippen molar-refractivity contribution in [2.24, 2.45) is 0 Å². The minimum atomic E-state index is -1.06. The van der Waals surface area contributed by atoms with Crippen LogP contribution in [-0.4, -0.2) is 76.8 Å². The molecular weight excluding hydrogens is 466 g/mol. The highest BCUT2D eigenvalue weighted by molar-refractivity contribution is 7.98. The monoisotopic (exact) mass is 501 g/mol. The number of carbonyl (C=O) groups is 4. The van der Waals surface area contributed by atoms with Crippen molar-refractivity contribution in [2.45, 2.75) is 26.7 Å². The van der Waals surface area contributed by atoms with Crippen molar-refractivity contribution < 1.29 is 24.3 Å². The van der Waals surface area contributed by atoms with E-state index >= 15 is 0 Å². The van der Waals surface area contributed by atoms with E-state index in [4.69, 9.17) is 5.11 Å². The van der Waals surface area contributed by atoms with Crippen molar-refractivity contribution in [3.05, 3.63) is 66.2 Å². The molecule has 3 amide bonds. The van der Waals surface area contributed by atoms with Gasteiger partial charge in [0.1, 0.15) is 6.54 Å². The van der Waals surface area contributed by atoms with Gasteiger partial charge in [-0.2, -0.15) is 11.8 Å². The molecule has 2 aromatic rings. The maximum absolute atomic E-state index is 13.1. The summed E-state index contributed by atoms with van der Waals surface area (Å²) in [5.74, 6) is -1.43. The van der Waals surface area contributed by atoms with E-state index in [9.17, 15) is 19.2 Å². The molecule has 0 atom stereocenters. The van der Waals surface area contributed by atoms with Crippen molar-refractivity contribution in [2.75, 3.05) is 43.5 Å². The van der Waals surface area contributed by atoms with Gasteiger partial charge in [-0.25, -0.2) is 0 Å². The number of hydrogen-bond donors (Lipinski definition) is 2. The number of rotatable bonds is 13. The number of carboxylic acid groups (broad SMARTS) is 1. The number of aliphatic carboxylic acids is 1. The summed E-state index contributed by atoms with van der Waals surface area (Å²) in [4.78, 5) is 52.3. The van der Waals surface area contributed by atoms with Gasteiger partial charge in [0.05, 0.1) is 13.0 Å². The van der Waals surface area contributed by atoms with Crippen LogP contribution in [0.15, 0.2) is 60.7 Å². The molecule has 2 aromatic carbocycles. The Balaban J connectivity index is 0.00000298. The van der Waals surface area contributed by atoms with Crippen molar-refractivity contribution in [1.29, 1.82) is 0 Å². The highest BCUT2D eigenvalue weighted by atomic mass is 32.2. The smallest absolute Gasteiger partial charge is 0.305 e. The van der Waals surface area contributed by atoms with E-state index in [-0.39, 0.29) is 32.0 Å². The van der Waals surface area contributed by atoms with Gasteiger partial charge >= 0.3 is 5.97 Å². The van der Waals surface area contributed by atoms with Crippen LogP contribution in [0.1, 0.15) is 37.0 Å². The topological polar surface area (TPSA) is 107 Å². The molecule has 2 rings (SSSR count). The summed E-state index contributed by atoms with van der Waals surface area (Å²) in [5.41, 5.74) is 0.993. The highest BCUT2D eigenvalue weighted by Crippen LogP contribution is 2.09. The molecule has 2 N–H and O–H groups in total. The zero-order chi connectivity index (χ0) is 26.1. The van der Waals surface area contributed by atoms with Crippen LogP contribution < -0.4 is 5.32 Å². The van der Waals surface area contributed by atoms with Gasteiger partial charge in [0.2, 0.25) is 11.8 Å². The van der Waals surface area contributed by atoms with Gasteiger partial charge in [0.15, 0.2) is 0 Å². The van der Waals surface area contributed by atoms with E-state index in [2.05, 4.69) is 5.32 Å². The average Bonchev–Trinajstić information content (AvgIpc) is 2.87. The first-order chi connectivity index (χ1) is 16.9. The molecule has 0 bridgehead atoms. The van der Waals surface area contributed by atoms with Crippen molar-refractivity contribution >= 4 is 41.1 Å². The molecule has 190 valence electrons. The predicted molar refractivity (Wildman–Crippen MR) is 141 cm³/mol. The fourth-order valence-corrected chi connectivity index (χ4v) is 3.51. The second kappa shape index (κ2) is 17.2. The van der Waals surface area contributed by atoms with Gasteiger partial charge in [-0.1, -0.05) is 50.2 Å². The zero-order valence-electron chi connectivity index (χ0n) is 20.6. The Kier molecular flexibility index (Phi) is 14.6. The largest absolute Gasteiger partial charge is 0.481 e. The van der Waals surface area contributed by atoms with Crippen molar-refractivity contribution in [1.82, 2.24) is 9.80 Å². The molecule has 0 aliphatic rings. The van der Waals surface area contributed by atoms with Crippen LogP contribution in [0.5, 0.6) is 0 Å². The first-order valence-electron chi connectivity index (χ1n) is 11.6. The number of carbonyl (C=O) groups excluding carboxylic acids is 3. The molecule has 0 aliphatic heterocycles. The Hall–Kier alpha value is -3.33.